The average molecular weight is 373 g/mol. The van der Waals surface area contributed by atoms with Crippen molar-refractivity contribution < 1.29 is 14.7 Å². The van der Waals surface area contributed by atoms with Crippen LogP contribution >= 0.6 is 0 Å². The zero-order valence-corrected chi connectivity index (χ0v) is 15.6. The van der Waals surface area contributed by atoms with Gasteiger partial charge < -0.3 is 10.0 Å². The molecule has 3 aromatic rings. The predicted octanol–water partition coefficient (Wildman–Crippen LogP) is 5.26. The highest BCUT2D eigenvalue weighted by molar-refractivity contribution is 6.08. The molecule has 142 valence electrons. The van der Waals surface area contributed by atoms with E-state index in [-0.39, 0.29) is 12.3 Å². The summed E-state index contributed by atoms with van der Waals surface area (Å²) < 4.78 is 0. The number of hydrogen-bond acceptors (Lipinski definition) is 2. The van der Waals surface area contributed by atoms with Gasteiger partial charge in [0.1, 0.15) is 0 Å². The van der Waals surface area contributed by atoms with Gasteiger partial charge in [-0.3, -0.25) is 9.59 Å². The topological polar surface area (TPSA) is 57.6 Å². The number of amides is 1. The number of carbonyl (C=O) groups is 2. The molecule has 1 amide bonds. The molecule has 4 nitrogen and oxygen atoms in total. The standard InChI is InChI=1S/C24H23NO3/c26-23(27)17-9-10-18-25(24(28)20-13-5-2-6-14-20)22-16-8-7-15-21(22)19-11-3-1-4-12-19/h1-8,11-16H,9-10,17-18H2,(H,26,27). The lowest BCUT2D eigenvalue weighted by Gasteiger charge is -2.25. The fraction of sp³-hybridized carbons (Fsp3) is 0.167. The normalized spacial score (nSPS) is 10.4. The molecule has 0 heterocycles. The maximum Gasteiger partial charge on any atom is 0.303 e. The summed E-state index contributed by atoms with van der Waals surface area (Å²) in [7, 11) is 0. The van der Waals surface area contributed by atoms with E-state index in [0.29, 0.717) is 24.9 Å². The first-order valence-corrected chi connectivity index (χ1v) is 9.40. The van der Waals surface area contributed by atoms with Gasteiger partial charge in [0.15, 0.2) is 0 Å². The van der Waals surface area contributed by atoms with E-state index in [4.69, 9.17) is 5.11 Å². The van der Waals surface area contributed by atoms with Gasteiger partial charge in [0.2, 0.25) is 0 Å². The number of para-hydroxylation sites is 1. The Morgan fingerprint density at radius 2 is 1.36 bits per heavy atom. The second-order valence-electron chi connectivity index (χ2n) is 6.56. The van der Waals surface area contributed by atoms with Crippen molar-refractivity contribution in [2.24, 2.45) is 0 Å². The molecule has 0 radical (unpaired) electrons. The number of benzene rings is 3. The van der Waals surface area contributed by atoms with E-state index in [1.165, 1.54) is 0 Å². The highest BCUT2D eigenvalue weighted by atomic mass is 16.4. The second kappa shape index (κ2) is 9.51. The Labute approximate surface area is 165 Å². The summed E-state index contributed by atoms with van der Waals surface area (Å²) in [6.45, 7) is 0.463. The number of carboxylic acid groups (broad SMARTS) is 1. The molecule has 28 heavy (non-hydrogen) atoms. The Morgan fingerprint density at radius 3 is 2.04 bits per heavy atom. The Morgan fingerprint density at radius 1 is 0.750 bits per heavy atom. The third kappa shape index (κ3) is 4.86. The van der Waals surface area contributed by atoms with Crippen molar-refractivity contribution >= 4 is 17.6 Å². The van der Waals surface area contributed by atoms with Gasteiger partial charge in [-0.1, -0.05) is 66.7 Å². The number of hydrogen-bond donors (Lipinski definition) is 1. The third-order valence-electron chi connectivity index (χ3n) is 4.57. The summed E-state index contributed by atoms with van der Waals surface area (Å²) in [6, 6.07) is 27.0. The van der Waals surface area contributed by atoms with Crippen molar-refractivity contribution in [1.82, 2.24) is 0 Å². The van der Waals surface area contributed by atoms with Crippen LogP contribution in [-0.4, -0.2) is 23.5 Å². The van der Waals surface area contributed by atoms with E-state index in [2.05, 4.69) is 0 Å². The highest BCUT2D eigenvalue weighted by Gasteiger charge is 2.20. The third-order valence-corrected chi connectivity index (χ3v) is 4.57. The molecule has 0 atom stereocenters. The molecule has 1 N–H and O–H groups in total. The monoisotopic (exact) mass is 373 g/mol. The van der Waals surface area contributed by atoms with Crippen LogP contribution in [0.2, 0.25) is 0 Å². The SMILES string of the molecule is O=C(O)CCCCN(C(=O)c1ccccc1)c1ccccc1-c1ccccc1. The maximum atomic E-state index is 13.3. The molecule has 0 saturated carbocycles. The van der Waals surface area contributed by atoms with Gasteiger partial charge in [0, 0.05) is 24.1 Å². The van der Waals surface area contributed by atoms with Crippen LogP contribution in [0.25, 0.3) is 11.1 Å². The Balaban J connectivity index is 1.95. The van der Waals surface area contributed by atoms with Gasteiger partial charge in [-0.2, -0.15) is 0 Å². The van der Waals surface area contributed by atoms with E-state index >= 15 is 0 Å². The van der Waals surface area contributed by atoms with Gasteiger partial charge in [0.05, 0.1) is 5.69 Å². The largest absolute Gasteiger partial charge is 0.481 e. The van der Waals surface area contributed by atoms with E-state index in [9.17, 15) is 9.59 Å². The smallest absolute Gasteiger partial charge is 0.303 e. The quantitative estimate of drug-likeness (QED) is 0.548. The van der Waals surface area contributed by atoms with Crippen LogP contribution in [0.5, 0.6) is 0 Å². The first-order chi connectivity index (χ1) is 13.7. The predicted molar refractivity (Wildman–Crippen MR) is 111 cm³/mol. The van der Waals surface area contributed by atoms with Crippen LogP contribution in [0.3, 0.4) is 0 Å². The maximum absolute atomic E-state index is 13.3. The molecule has 0 aliphatic heterocycles. The fourth-order valence-electron chi connectivity index (χ4n) is 3.18. The molecule has 0 fully saturated rings. The summed E-state index contributed by atoms with van der Waals surface area (Å²) in [6.07, 6.45) is 1.25. The van der Waals surface area contributed by atoms with Crippen molar-refractivity contribution in [2.75, 3.05) is 11.4 Å². The van der Waals surface area contributed by atoms with Crippen LogP contribution in [0.1, 0.15) is 29.6 Å². The van der Waals surface area contributed by atoms with Crippen molar-refractivity contribution in [3.05, 3.63) is 90.5 Å². The van der Waals surface area contributed by atoms with Gasteiger partial charge in [-0.15, -0.1) is 0 Å². The van der Waals surface area contributed by atoms with E-state index in [1.807, 2.05) is 72.8 Å². The van der Waals surface area contributed by atoms with Crippen LogP contribution in [0.15, 0.2) is 84.9 Å². The van der Waals surface area contributed by atoms with Crippen molar-refractivity contribution in [3.63, 3.8) is 0 Å². The molecule has 0 saturated heterocycles. The van der Waals surface area contributed by atoms with E-state index < -0.39 is 5.97 Å². The summed E-state index contributed by atoms with van der Waals surface area (Å²) in [4.78, 5) is 25.9. The summed E-state index contributed by atoms with van der Waals surface area (Å²) in [5, 5.41) is 8.90. The lowest BCUT2D eigenvalue weighted by molar-refractivity contribution is -0.137. The molecule has 3 rings (SSSR count). The van der Waals surface area contributed by atoms with Gasteiger partial charge in [-0.05, 0) is 36.6 Å². The van der Waals surface area contributed by atoms with Gasteiger partial charge >= 0.3 is 5.97 Å². The molecule has 0 aliphatic rings. The first-order valence-electron chi connectivity index (χ1n) is 9.40. The minimum Gasteiger partial charge on any atom is -0.481 e. The lowest BCUT2D eigenvalue weighted by atomic mass is 10.0. The highest BCUT2D eigenvalue weighted by Crippen LogP contribution is 2.32. The zero-order valence-electron chi connectivity index (χ0n) is 15.6. The molecular weight excluding hydrogens is 350 g/mol. The fourth-order valence-corrected chi connectivity index (χ4v) is 3.18. The number of anilines is 1. The number of unbranched alkanes of at least 4 members (excludes halogenated alkanes) is 1. The number of rotatable bonds is 8. The number of carboxylic acids is 1. The molecular formula is C24H23NO3. The van der Waals surface area contributed by atoms with Crippen LogP contribution < -0.4 is 4.90 Å². The number of carbonyl (C=O) groups excluding carboxylic acids is 1. The Hall–Kier alpha value is -3.40. The second-order valence-corrected chi connectivity index (χ2v) is 6.56. The summed E-state index contributed by atoms with van der Waals surface area (Å²) in [5.41, 5.74) is 3.46. The summed E-state index contributed by atoms with van der Waals surface area (Å²) in [5.74, 6) is -0.898. The van der Waals surface area contributed by atoms with E-state index in [0.717, 1.165) is 16.8 Å². The molecule has 0 bridgehead atoms. The minimum atomic E-state index is -0.814. The van der Waals surface area contributed by atoms with E-state index in [1.54, 1.807) is 17.0 Å². The Kier molecular flexibility index (Phi) is 6.58. The molecule has 3 aromatic carbocycles. The van der Waals surface area contributed by atoms with Crippen molar-refractivity contribution in [1.29, 1.82) is 0 Å². The van der Waals surface area contributed by atoms with Crippen LogP contribution in [0, 0.1) is 0 Å². The first kappa shape index (κ1) is 19.4. The molecule has 0 aliphatic carbocycles. The van der Waals surface area contributed by atoms with Gasteiger partial charge in [0.25, 0.3) is 5.91 Å². The van der Waals surface area contributed by atoms with Crippen LogP contribution in [0.4, 0.5) is 5.69 Å². The lowest BCUT2D eigenvalue weighted by Crippen LogP contribution is -2.32. The molecule has 0 unspecified atom stereocenters. The van der Waals surface area contributed by atoms with Crippen molar-refractivity contribution in [3.8, 4) is 11.1 Å². The van der Waals surface area contributed by atoms with Gasteiger partial charge in [-0.25, -0.2) is 0 Å². The van der Waals surface area contributed by atoms with Crippen molar-refractivity contribution in [2.45, 2.75) is 19.3 Å². The minimum absolute atomic E-state index is 0.0840. The molecule has 4 heteroatoms. The number of aliphatic carboxylic acids is 1. The average Bonchev–Trinajstić information content (AvgIpc) is 2.74. The molecule has 0 aromatic heterocycles. The zero-order chi connectivity index (χ0) is 19.8. The summed E-state index contributed by atoms with van der Waals surface area (Å²) >= 11 is 0. The molecule has 0 spiro atoms. The Bertz CT molecular complexity index is 923. The number of nitrogens with zero attached hydrogens (tertiary/aromatic N) is 1. The van der Waals surface area contributed by atoms with Crippen LogP contribution in [-0.2, 0) is 4.79 Å².